The lowest BCUT2D eigenvalue weighted by Crippen LogP contribution is -2.52. The minimum atomic E-state index is 0.0129. The number of fused-ring (bicyclic) bond motifs is 1. The van der Waals surface area contributed by atoms with Crippen LogP contribution in [0.5, 0.6) is 0 Å². The van der Waals surface area contributed by atoms with Gasteiger partial charge in [-0.1, -0.05) is 18.2 Å². The topological polar surface area (TPSA) is 61.4 Å². The Morgan fingerprint density at radius 3 is 2.65 bits per heavy atom. The molecule has 1 aromatic carbocycles. The summed E-state index contributed by atoms with van der Waals surface area (Å²) in [7, 11) is 0. The lowest BCUT2D eigenvalue weighted by atomic mass is 10.2. The van der Waals surface area contributed by atoms with Crippen molar-refractivity contribution in [3.63, 3.8) is 0 Å². The predicted molar refractivity (Wildman–Crippen MR) is 106 cm³/mol. The summed E-state index contributed by atoms with van der Waals surface area (Å²) in [5.41, 5.74) is 0.951. The van der Waals surface area contributed by atoms with Crippen molar-refractivity contribution in [2.24, 2.45) is 0 Å². The fourth-order valence-electron chi connectivity index (χ4n) is 3.20. The van der Waals surface area contributed by atoms with E-state index < -0.39 is 0 Å². The Bertz CT molecular complexity index is 903. The molecule has 4 rings (SSSR count). The summed E-state index contributed by atoms with van der Waals surface area (Å²) < 4.78 is 0. The fraction of sp³-hybridized carbons (Fsp3) is 0.316. The Labute approximate surface area is 156 Å². The number of piperazine rings is 1. The van der Waals surface area contributed by atoms with Crippen LogP contribution in [0, 0.1) is 0 Å². The molecule has 1 aliphatic rings. The van der Waals surface area contributed by atoms with Gasteiger partial charge in [-0.25, -0.2) is 14.8 Å². The molecule has 2 amide bonds. The molecule has 0 atom stereocenters. The zero-order valence-corrected chi connectivity index (χ0v) is 15.5. The van der Waals surface area contributed by atoms with E-state index in [1.807, 2.05) is 47.5 Å². The van der Waals surface area contributed by atoms with Crippen molar-refractivity contribution in [2.45, 2.75) is 6.92 Å². The van der Waals surface area contributed by atoms with Crippen molar-refractivity contribution in [2.75, 3.05) is 37.6 Å². The molecule has 6 nitrogen and oxygen atoms in total. The van der Waals surface area contributed by atoms with Gasteiger partial charge in [-0.15, -0.1) is 11.3 Å². The van der Waals surface area contributed by atoms with Crippen molar-refractivity contribution >= 4 is 34.1 Å². The van der Waals surface area contributed by atoms with Crippen LogP contribution in [-0.2, 0) is 0 Å². The van der Waals surface area contributed by atoms with Crippen LogP contribution in [0.15, 0.2) is 41.8 Å². The fourth-order valence-corrected chi connectivity index (χ4v) is 3.86. The van der Waals surface area contributed by atoms with Crippen molar-refractivity contribution < 1.29 is 4.79 Å². The molecule has 3 aromatic rings. The second-order valence-electron chi connectivity index (χ2n) is 6.17. The Kier molecular flexibility index (Phi) is 4.71. The predicted octanol–water partition coefficient (Wildman–Crippen LogP) is 3.21. The Hall–Kier alpha value is -2.67. The second-order valence-corrected chi connectivity index (χ2v) is 7.12. The highest BCUT2D eigenvalue weighted by atomic mass is 32.1. The van der Waals surface area contributed by atoms with E-state index in [1.54, 1.807) is 11.3 Å². The molecular weight excluding hydrogens is 346 g/mol. The zero-order chi connectivity index (χ0) is 17.9. The first-order chi connectivity index (χ1) is 12.8. The molecule has 3 heterocycles. The van der Waals surface area contributed by atoms with E-state index in [9.17, 15) is 4.79 Å². The van der Waals surface area contributed by atoms with E-state index in [1.165, 1.54) is 0 Å². The first-order valence-electron chi connectivity index (χ1n) is 8.84. The lowest BCUT2D eigenvalue weighted by Gasteiger charge is -2.35. The van der Waals surface area contributed by atoms with Crippen molar-refractivity contribution in [3.8, 4) is 10.7 Å². The monoisotopic (exact) mass is 367 g/mol. The van der Waals surface area contributed by atoms with E-state index in [4.69, 9.17) is 9.97 Å². The maximum absolute atomic E-state index is 12.0. The highest BCUT2D eigenvalue weighted by Crippen LogP contribution is 2.29. The van der Waals surface area contributed by atoms with Gasteiger partial charge in [0.25, 0.3) is 0 Å². The number of rotatable bonds is 3. The molecule has 1 aliphatic heterocycles. The number of hydrogen-bond donors (Lipinski definition) is 1. The van der Waals surface area contributed by atoms with Gasteiger partial charge in [0, 0.05) is 38.1 Å². The second kappa shape index (κ2) is 7.29. The Balaban J connectivity index is 1.65. The number of nitrogens with one attached hydrogen (secondary N) is 1. The van der Waals surface area contributed by atoms with E-state index in [2.05, 4.69) is 16.3 Å². The number of amides is 2. The van der Waals surface area contributed by atoms with Crippen LogP contribution in [0.1, 0.15) is 6.92 Å². The van der Waals surface area contributed by atoms with Crippen LogP contribution < -0.4 is 10.2 Å². The van der Waals surface area contributed by atoms with Gasteiger partial charge >= 0.3 is 6.03 Å². The van der Waals surface area contributed by atoms with E-state index in [0.29, 0.717) is 19.6 Å². The summed E-state index contributed by atoms with van der Waals surface area (Å²) in [5.74, 6) is 1.72. The van der Waals surface area contributed by atoms with Crippen molar-refractivity contribution in [1.29, 1.82) is 0 Å². The van der Waals surface area contributed by atoms with E-state index >= 15 is 0 Å². The number of carbonyl (C=O) groups excluding carboxylic acids is 1. The third-order valence-electron chi connectivity index (χ3n) is 4.52. The number of aromatic nitrogens is 2. The number of benzene rings is 1. The molecule has 26 heavy (non-hydrogen) atoms. The summed E-state index contributed by atoms with van der Waals surface area (Å²) >= 11 is 1.65. The summed E-state index contributed by atoms with van der Waals surface area (Å²) in [6, 6.07) is 12.2. The molecule has 2 aromatic heterocycles. The number of nitrogens with zero attached hydrogens (tertiary/aromatic N) is 4. The van der Waals surface area contributed by atoms with Crippen LogP contribution in [0.4, 0.5) is 10.6 Å². The maximum atomic E-state index is 12.0. The van der Waals surface area contributed by atoms with Crippen LogP contribution in [-0.4, -0.2) is 53.6 Å². The van der Waals surface area contributed by atoms with Crippen LogP contribution >= 0.6 is 11.3 Å². The minimum Gasteiger partial charge on any atom is -0.352 e. The summed E-state index contributed by atoms with van der Waals surface area (Å²) in [4.78, 5) is 26.8. The number of hydrogen-bond acceptors (Lipinski definition) is 5. The van der Waals surface area contributed by atoms with Crippen LogP contribution in [0.25, 0.3) is 21.6 Å². The van der Waals surface area contributed by atoms with Crippen LogP contribution in [0.2, 0.25) is 0 Å². The third-order valence-corrected chi connectivity index (χ3v) is 5.38. The smallest absolute Gasteiger partial charge is 0.317 e. The molecule has 1 N–H and O–H groups in total. The van der Waals surface area contributed by atoms with Gasteiger partial charge in [-0.2, -0.15) is 0 Å². The average Bonchev–Trinajstić information content (AvgIpc) is 3.22. The van der Waals surface area contributed by atoms with E-state index in [0.717, 1.165) is 40.5 Å². The van der Waals surface area contributed by atoms with Crippen molar-refractivity contribution in [1.82, 2.24) is 20.2 Å². The molecule has 7 heteroatoms. The molecule has 0 spiro atoms. The van der Waals surface area contributed by atoms with Gasteiger partial charge in [0.05, 0.1) is 10.4 Å². The van der Waals surface area contributed by atoms with Gasteiger partial charge in [-0.3, -0.25) is 0 Å². The number of para-hydroxylation sites is 1. The van der Waals surface area contributed by atoms with Gasteiger partial charge in [-0.05, 0) is 30.5 Å². The first-order valence-corrected chi connectivity index (χ1v) is 9.72. The number of anilines is 1. The van der Waals surface area contributed by atoms with E-state index in [-0.39, 0.29) is 6.03 Å². The normalized spacial score (nSPS) is 14.7. The van der Waals surface area contributed by atoms with Gasteiger partial charge in [0.15, 0.2) is 5.82 Å². The molecule has 0 saturated carbocycles. The third kappa shape index (κ3) is 3.22. The van der Waals surface area contributed by atoms with Crippen LogP contribution in [0.3, 0.4) is 0 Å². The summed E-state index contributed by atoms with van der Waals surface area (Å²) in [6.07, 6.45) is 0. The molecule has 1 fully saturated rings. The molecule has 0 aliphatic carbocycles. The highest BCUT2D eigenvalue weighted by Gasteiger charge is 2.23. The molecule has 134 valence electrons. The lowest BCUT2D eigenvalue weighted by molar-refractivity contribution is 0.195. The number of carbonyl (C=O) groups is 1. The maximum Gasteiger partial charge on any atom is 0.317 e. The first kappa shape index (κ1) is 16.8. The standard InChI is InChI=1S/C19H21N5OS/c1-2-20-19(25)24-11-9-23(10-12-24)18-14-6-3-4-7-15(14)21-17(22-18)16-8-5-13-26-16/h3-8,13H,2,9-12H2,1H3,(H,20,25). The Morgan fingerprint density at radius 1 is 1.12 bits per heavy atom. The van der Waals surface area contributed by atoms with Gasteiger partial charge < -0.3 is 15.1 Å². The zero-order valence-electron chi connectivity index (χ0n) is 14.7. The average molecular weight is 367 g/mol. The SMILES string of the molecule is CCNC(=O)N1CCN(c2nc(-c3cccs3)nc3ccccc23)CC1. The quantitative estimate of drug-likeness (QED) is 0.772. The molecule has 0 unspecified atom stereocenters. The largest absolute Gasteiger partial charge is 0.352 e. The van der Waals surface area contributed by atoms with Crippen molar-refractivity contribution in [3.05, 3.63) is 41.8 Å². The summed E-state index contributed by atoms with van der Waals surface area (Å²) in [6.45, 7) is 5.51. The number of thiophene rings is 1. The minimum absolute atomic E-state index is 0.0129. The summed E-state index contributed by atoms with van der Waals surface area (Å²) in [5, 5.41) is 5.97. The highest BCUT2D eigenvalue weighted by molar-refractivity contribution is 7.13. The molecule has 0 radical (unpaired) electrons. The molecule has 1 saturated heterocycles. The number of urea groups is 1. The van der Waals surface area contributed by atoms with Gasteiger partial charge in [0.1, 0.15) is 5.82 Å². The van der Waals surface area contributed by atoms with Gasteiger partial charge in [0.2, 0.25) is 0 Å². The molecular formula is C19H21N5OS. The Morgan fingerprint density at radius 2 is 1.92 bits per heavy atom. The molecule has 0 bridgehead atoms.